The highest BCUT2D eigenvalue weighted by Gasteiger charge is 2.23. The van der Waals surface area contributed by atoms with Crippen LogP contribution in [0.1, 0.15) is 34.1 Å². The van der Waals surface area contributed by atoms with E-state index in [-0.39, 0.29) is 0 Å². The van der Waals surface area contributed by atoms with E-state index in [9.17, 15) is 0 Å². The summed E-state index contributed by atoms with van der Waals surface area (Å²) in [5, 5.41) is 0. The third-order valence-electron chi connectivity index (χ3n) is 2.46. The molecule has 0 amide bonds. The molecule has 1 nitrogen and oxygen atoms in total. The van der Waals surface area contributed by atoms with Gasteiger partial charge >= 0.3 is 0 Å². The number of nitrogens with zero attached hydrogens (tertiary/aromatic N) is 1. The monoisotopic (exact) mass is 143 g/mol. The van der Waals surface area contributed by atoms with Crippen molar-refractivity contribution in [3.05, 3.63) is 0 Å². The molecular weight excluding hydrogens is 122 g/mol. The average Bonchev–Trinajstić information content (AvgIpc) is 2.25. The fourth-order valence-electron chi connectivity index (χ4n) is 1.29. The fourth-order valence-corrected chi connectivity index (χ4v) is 1.29. The van der Waals surface area contributed by atoms with Crippen molar-refractivity contribution in [2.24, 2.45) is 5.92 Å². The highest BCUT2D eigenvalue weighted by Crippen LogP contribution is 2.20. The lowest BCUT2D eigenvalue weighted by molar-refractivity contribution is 0.301. The second kappa shape index (κ2) is 4.73. The summed E-state index contributed by atoms with van der Waals surface area (Å²) >= 11 is 0. The summed E-state index contributed by atoms with van der Waals surface area (Å²) < 4.78 is 0. The zero-order valence-corrected chi connectivity index (χ0v) is 8.02. The molecule has 0 saturated carbocycles. The highest BCUT2D eigenvalue weighted by molar-refractivity contribution is 4.77. The highest BCUT2D eigenvalue weighted by atomic mass is 15.1. The first-order valence-corrected chi connectivity index (χ1v) is 4.42. The van der Waals surface area contributed by atoms with Gasteiger partial charge in [0.2, 0.25) is 0 Å². The lowest BCUT2D eigenvalue weighted by Crippen LogP contribution is -2.24. The lowest BCUT2D eigenvalue weighted by atomic mass is 10.1. The second-order valence-corrected chi connectivity index (χ2v) is 2.99. The molecule has 0 aromatic heterocycles. The van der Waals surface area contributed by atoms with Crippen LogP contribution in [0.5, 0.6) is 0 Å². The molecule has 62 valence electrons. The van der Waals surface area contributed by atoms with Crippen molar-refractivity contribution < 1.29 is 0 Å². The Morgan fingerprint density at radius 1 is 1.20 bits per heavy atom. The first kappa shape index (κ1) is 9.96. The Hall–Kier alpha value is -0.0400. The van der Waals surface area contributed by atoms with Crippen LogP contribution in [0.4, 0.5) is 0 Å². The smallest absolute Gasteiger partial charge is 0.00899 e. The Morgan fingerprint density at radius 3 is 1.80 bits per heavy atom. The van der Waals surface area contributed by atoms with Crippen LogP contribution in [0.15, 0.2) is 0 Å². The predicted molar refractivity (Wildman–Crippen MR) is 47.2 cm³/mol. The first-order chi connectivity index (χ1) is 4.72. The molecule has 0 aliphatic carbocycles. The minimum absolute atomic E-state index is 0.815. The summed E-state index contributed by atoms with van der Waals surface area (Å²) in [5.41, 5.74) is 0. The number of hydrogen-bond donors (Lipinski definition) is 0. The van der Waals surface area contributed by atoms with Gasteiger partial charge in [0, 0.05) is 6.04 Å². The number of likely N-dealkylation sites (tertiary alicyclic amines) is 1. The first-order valence-electron chi connectivity index (χ1n) is 4.42. The third-order valence-corrected chi connectivity index (χ3v) is 2.46. The zero-order valence-electron chi connectivity index (χ0n) is 8.02. The summed E-state index contributed by atoms with van der Waals surface area (Å²) in [4.78, 5) is 2.42. The second-order valence-electron chi connectivity index (χ2n) is 2.99. The van der Waals surface area contributed by atoms with Gasteiger partial charge in [-0.3, -0.25) is 0 Å². The van der Waals surface area contributed by atoms with Gasteiger partial charge in [-0.1, -0.05) is 20.8 Å². The summed E-state index contributed by atoms with van der Waals surface area (Å²) in [6.45, 7) is 9.92. The maximum atomic E-state index is 2.42. The predicted octanol–water partition coefficient (Wildman–Crippen LogP) is 2.37. The summed E-state index contributed by atoms with van der Waals surface area (Å²) in [7, 11) is 2.20. The standard InChI is InChI=1S/C7H15N.C2H6/c1-6-4-5-8(3)7(6)2;1-2/h6-7H,4-5H2,1-3H3;1-2H3/t6-,7-;/m0./s1. The molecule has 1 heterocycles. The Balaban J connectivity index is 0.000000371. The average molecular weight is 143 g/mol. The third kappa shape index (κ3) is 2.30. The van der Waals surface area contributed by atoms with Gasteiger partial charge in [-0.15, -0.1) is 0 Å². The van der Waals surface area contributed by atoms with Gasteiger partial charge in [0.05, 0.1) is 0 Å². The molecule has 1 rings (SSSR count). The van der Waals surface area contributed by atoms with E-state index in [0.717, 1.165) is 12.0 Å². The van der Waals surface area contributed by atoms with Gasteiger partial charge < -0.3 is 4.90 Å². The quantitative estimate of drug-likeness (QED) is 0.503. The summed E-state index contributed by atoms with van der Waals surface area (Å²) in [6, 6.07) is 0.815. The number of hydrogen-bond acceptors (Lipinski definition) is 1. The van der Waals surface area contributed by atoms with Crippen molar-refractivity contribution in [1.29, 1.82) is 0 Å². The topological polar surface area (TPSA) is 3.24 Å². The molecule has 1 heteroatoms. The van der Waals surface area contributed by atoms with Crippen molar-refractivity contribution in [3.63, 3.8) is 0 Å². The largest absolute Gasteiger partial charge is 0.303 e. The van der Waals surface area contributed by atoms with Crippen LogP contribution >= 0.6 is 0 Å². The molecule has 1 saturated heterocycles. The van der Waals surface area contributed by atoms with E-state index < -0.39 is 0 Å². The van der Waals surface area contributed by atoms with Crippen molar-refractivity contribution in [2.75, 3.05) is 13.6 Å². The van der Waals surface area contributed by atoms with Crippen molar-refractivity contribution in [3.8, 4) is 0 Å². The van der Waals surface area contributed by atoms with Crippen LogP contribution in [-0.2, 0) is 0 Å². The van der Waals surface area contributed by atoms with Gasteiger partial charge in [-0.05, 0) is 32.9 Å². The molecular formula is C9H21N. The van der Waals surface area contributed by atoms with Crippen LogP contribution in [0.3, 0.4) is 0 Å². The van der Waals surface area contributed by atoms with E-state index in [0.29, 0.717) is 0 Å². The van der Waals surface area contributed by atoms with E-state index in [2.05, 4.69) is 25.8 Å². The van der Waals surface area contributed by atoms with Gasteiger partial charge in [-0.25, -0.2) is 0 Å². The van der Waals surface area contributed by atoms with Crippen molar-refractivity contribution >= 4 is 0 Å². The molecule has 1 fully saturated rings. The van der Waals surface area contributed by atoms with Gasteiger partial charge in [-0.2, -0.15) is 0 Å². The SMILES string of the molecule is CC.C[C@H]1CCN(C)[C@H]1C. The van der Waals surface area contributed by atoms with Crippen molar-refractivity contribution in [2.45, 2.75) is 40.2 Å². The molecule has 0 radical (unpaired) electrons. The molecule has 2 atom stereocenters. The van der Waals surface area contributed by atoms with Crippen LogP contribution < -0.4 is 0 Å². The van der Waals surface area contributed by atoms with Crippen LogP contribution in [0.2, 0.25) is 0 Å². The lowest BCUT2D eigenvalue weighted by Gasteiger charge is -2.16. The van der Waals surface area contributed by atoms with Gasteiger partial charge in [0.25, 0.3) is 0 Å². The fraction of sp³-hybridized carbons (Fsp3) is 1.00. The molecule has 0 bridgehead atoms. The molecule has 0 aromatic rings. The molecule has 10 heavy (non-hydrogen) atoms. The minimum atomic E-state index is 0.815. The minimum Gasteiger partial charge on any atom is -0.303 e. The van der Waals surface area contributed by atoms with E-state index in [1.807, 2.05) is 13.8 Å². The van der Waals surface area contributed by atoms with E-state index in [1.165, 1.54) is 13.0 Å². The van der Waals surface area contributed by atoms with Crippen molar-refractivity contribution in [1.82, 2.24) is 4.90 Å². The molecule has 1 aliphatic heterocycles. The Morgan fingerprint density at radius 2 is 1.70 bits per heavy atom. The Labute approximate surface area is 65.4 Å². The molecule has 0 aromatic carbocycles. The Kier molecular flexibility index (Phi) is 4.71. The van der Waals surface area contributed by atoms with E-state index in [4.69, 9.17) is 0 Å². The van der Waals surface area contributed by atoms with E-state index in [1.54, 1.807) is 0 Å². The normalized spacial score (nSPS) is 33.3. The molecule has 0 unspecified atom stereocenters. The van der Waals surface area contributed by atoms with Gasteiger partial charge in [0.15, 0.2) is 0 Å². The maximum absolute atomic E-state index is 2.42. The summed E-state index contributed by atoms with van der Waals surface area (Å²) in [6.07, 6.45) is 1.39. The zero-order chi connectivity index (χ0) is 8.15. The van der Waals surface area contributed by atoms with E-state index >= 15 is 0 Å². The molecule has 0 N–H and O–H groups in total. The molecule has 0 spiro atoms. The van der Waals surface area contributed by atoms with Gasteiger partial charge in [0.1, 0.15) is 0 Å². The maximum Gasteiger partial charge on any atom is 0.00899 e. The van der Waals surface area contributed by atoms with Crippen LogP contribution in [0.25, 0.3) is 0 Å². The Bertz CT molecular complexity index is 70.8. The number of rotatable bonds is 0. The molecule has 1 aliphatic rings. The summed E-state index contributed by atoms with van der Waals surface area (Å²) in [5.74, 6) is 0.917. The van der Waals surface area contributed by atoms with Crippen LogP contribution in [0, 0.1) is 5.92 Å². The van der Waals surface area contributed by atoms with Crippen LogP contribution in [-0.4, -0.2) is 24.5 Å².